The lowest BCUT2D eigenvalue weighted by Gasteiger charge is -2.41. The number of ether oxygens (including phenoxy) is 1. The number of halogens is 1. The van der Waals surface area contributed by atoms with Gasteiger partial charge in [-0.3, -0.25) is 4.79 Å². The molecule has 0 atom stereocenters. The zero-order chi connectivity index (χ0) is 26.9. The van der Waals surface area contributed by atoms with Crippen LogP contribution in [0.1, 0.15) is 32.6 Å². The predicted molar refractivity (Wildman–Crippen MR) is 144 cm³/mol. The van der Waals surface area contributed by atoms with E-state index in [1.54, 1.807) is 48.5 Å². The molecule has 0 unspecified atom stereocenters. The summed E-state index contributed by atoms with van der Waals surface area (Å²) in [6, 6.07) is 23.1. The van der Waals surface area contributed by atoms with Crippen molar-refractivity contribution >= 4 is 34.7 Å². The van der Waals surface area contributed by atoms with Crippen molar-refractivity contribution in [2.75, 3.05) is 0 Å². The van der Waals surface area contributed by atoms with Crippen molar-refractivity contribution in [2.45, 2.75) is 5.54 Å². The third-order valence-electron chi connectivity index (χ3n) is 7.07. The average Bonchev–Trinajstić information content (AvgIpc) is 3.17. The Morgan fingerprint density at radius 2 is 1.46 bits per heavy atom. The van der Waals surface area contributed by atoms with Crippen molar-refractivity contribution in [1.29, 1.82) is 0 Å². The monoisotopic (exact) mass is 536 g/mol. The van der Waals surface area contributed by atoms with Crippen LogP contribution in [0.4, 0.5) is 0 Å². The van der Waals surface area contributed by atoms with Crippen LogP contribution in [0.25, 0.3) is 11.0 Å². The number of hydrazone groups is 1. The minimum absolute atomic E-state index is 0.0156. The summed E-state index contributed by atoms with van der Waals surface area (Å²) in [5.74, 6) is 0.0478. The van der Waals surface area contributed by atoms with Crippen molar-refractivity contribution in [1.82, 2.24) is 5.01 Å². The molecule has 1 aromatic heterocycles. The minimum Gasteiger partial charge on any atom is -0.508 e. The van der Waals surface area contributed by atoms with E-state index < -0.39 is 17.1 Å². The van der Waals surface area contributed by atoms with Gasteiger partial charge in [-0.15, -0.1) is 0 Å². The zero-order valence-corrected chi connectivity index (χ0v) is 20.7. The Hall–Kier alpha value is -5.08. The van der Waals surface area contributed by atoms with Gasteiger partial charge in [-0.05, 0) is 42.5 Å². The summed E-state index contributed by atoms with van der Waals surface area (Å²) in [4.78, 5) is 26.8. The average molecular weight is 537 g/mol. The number of para-hydroxylation sites is 1. The van der Waals surface area contributed by atoms with Crippen molar-refractivity contribution in [2.24, 2.45) is 5.10 Å². The van der Waals surface area contributed by atoms with E-state index in [0.717, 1.165) is 0 Å². The molecule has 0 saturated carbocycles. The molecule has 39 heavy (non-hydrogen) atoms. The van der Waals surface area contributed by atoms with E-state index >= 15 is 0 Å². The molecule has 9 heteroatoms. The smallest absolute Gasteiger partial charge is 0.346 e. The fraction of sp³-hybridized carbons (Fsp3) is 0.0333. The molecule has 2 aliphatic heterocycles. The molecule has 0 fully saturated rings. The van der Waals surface area contributed by atoms with Gasteiger partial charge in [0.15, 0.2) is 0 Å². The second-order valence-corrected chi connectivity index (χ2v) is 9.57. The Kier molecular flexibility index (Phi) is 4.86. The standard InChI is InChI=1S/C30H17ClN2O6/c31-27-19-6-2-4-8-24(19)39-29(37)20(27)15-32-33-28(36)18-5-1-3-7-21(18)30(33)22-11-9-16(34)13-25(22)38-26-14-17(35)10-12-23(26)30/h1-15,34-35H. The summed E-state index contributed by atoms with van der Waals surface area (Å²) >= 11 is 6.60. The third kappa shape index (κ3) is 3.15. The molecule has 0 radical (unpaired) electrons. The van der Waals surface area contributed by atoms with Crippen LogP contribution in [0.15, 0.2) is 99.2 Å². The Labute approximate surface area is 225 Å². The van der Waals surface area contributed by atoms with Crippen LogP contribution in [0.3, 0.4) is 0 Å². The second-order valence-electron chi connectivity index (χ2n) is 9.19. The number of rotatable bonds is 2. The van der Waals surface area contributed by atoms with E-state index in [2.05, 4.69) is 5.10 Å². The maximum atomic E-state index is 14.0. The number of carbonyl (C=O) groups excluding carboxylic acids is 1. The van der Waals surface area contributed by atoms with Crippen LogP contribution in [0.2, 0.25) is 5.02 Å². The number of aromatic hydroxyl groups is 2. The molecule has 0 aliphatic carbocycles. The normalized spacial score (nSPS) is 14.9. The lowest BCUT2D eigenvalue weighted by molar-refractivity contribution is 0.0675. The van der Waals surface area contributed by atoms with Gasteiger partial charge in [0.1, 0.15) is 34.1 Å². The van der Waals surface area contributed by atoms with Gasteiger partial charge in [-0.2, -0.15) is 5.10 Å². The quantitative estimate of drug-likeness (QED) is 0.219. The van der Waals surface area contributed by atoms with Crippen LogP contribution in [-0.4, -0.2) is 27.3 Å². The highest BCUT2D eigenvalue weighted by Gasteiger charge is 2.57. The van der Waals surface area contributed by atoms with Crippen LogP contribution < -0.4 is 10.4 Å². The van der Waals surface area contributed by atoms with E-state index in [4.69, 9.17) is 20.8 Å². The van der Waals surface area contributed by atoms with Gasteiger partial charge in [0, 0.05) is 39.8 Å². The van der Waals surface area contributed by atoms with E-state index in [1.165, 1.54) is 35.5 Å². The number of hydrogen-bond acceptors (Lipinski definition) is 7. The third-order valence-corrected chi connectivity index (χ3v) is 7.48. The summed E-state index contributed by atoms with van der Waals surface area (Å²) in [5.41, 5.74) is 0.338. The molecular formula is C30H17ClN2O6. The van der Waals surface area contributed by atoms with Gasteiger partial charge in [0.05, 0.1) is 16.8 Å². The van der Waals surface area contributed by atoms with Crippen LogP contribution >= 0.6 is 11.6 Å². The van der Waals surface area contributed by atoms with Crippen molar-refractivity contribution in [3.8, 4) is 23.0 Å². The summed E-state index contributed by atoms with van der Waals surface area (Å²) in [7, 11) is 0. The molecule has 5 aromatic rings. The van der Waals surface area contributed by atoms with E-state index in [9.17, 15) is 19.8 Å². The molecule has 7 rings (SSSR count). The maximum Gasteiger partial charge on any atom is 0.346 e. The molecule has 2 N–H and O–H groups in total. The predicted octanol–water partition coefficient (Wildman–Crippen LogP) is 5.75. The van der Waals surface area contributed by atoms with E-state index in [-0.39, 0.29) is 33.6 Å². The van der Waals surface area contributed by atoms with Gasteiger partial charge >= 0.3 is 5.63 Å². The van der Waals surface area contributed by atoms with Crippen molar-refractivity contribution in [3.63, 3.8) is 0 Å². The second kappa shape index (κ2) is 8.21. The Morgan fingerprint density at radius 3 is 2.18 bits per heavy atom. The first kappa shape index (κ1) is 23.1. The number of phenolic OH excluding ortho intramolecular Hbond substituents is 2. The number of fused-ring (bicyclic) bond motifs is 7. The summed E-state index contributed by atoms with van der Waals surface area (Å²) in [5, 5.41) is 27.0. The van der Waals surface area contributed by atoms with Gasteiger partial charge in [-0.1, -0.05) is 41.9 Å². The van der Waals surface area contributed by atoms with E-state index in [1.807, 2.05) is 12.1 Å². The number of nitrogens with zero attached hydrogens (tertiary/aromatic N) is 2. The zero-order valence-electron chi connectivity index (χ0n) is 20.0. The Morgan fingerprint density at radius 1 is 0.821 bits per heavy atom. The van der Waals surface area contributed by atoms with Gasteiger partial charge < -0.3 is 19.4 Å². The lowest BCUT2D eigenvalue weighted by atomic mass is 9.75. The highest BCUT2D eigenvalue weighted by atomic mass is 35.5. The molecule has 8 nitrogen and oxygen atoms in total. The molecule has 1 spiro atoms. The van der Waals surface area contributed by atoms with E-state index in [0.29, 0.717) is 33.2 Å². The molecular weight excluding hydrogens is 520 g/mol. The molecule has 0 bridgehead atoms. The lowest BCUT2D eigenvalue weighted by Crippen LogP contribution is -2.44. The van der Waals surface area contributed by atoms with Crippen LogP contribution in [0.5, 0.6) is 23.0 Å². The fourth-order valence-corrected chi connectivity index (χ4v) is 5.71. The molecule has 3 heterocycles. The van der Waals surface area contributed by atoms with Crippen LogP contribution in [0, 0.1) is 0 Å². The minimum atomic E-state index is -1.35. The summed E-state index contributed by atoms with van der Waals surface area (Å²) in [6.45, 7) is 0. The fourth-order valence-electron chi connectivity index (χ4n) is 5.43. The first-order valence-electron chi connectivity index (χ1n) is 11.9. The SMILES string of the molecule is O=C1c2ccccc2C2(c3ccc(O)cc3Oc3cc(O)ccc32)N1N=Cc1c(Cl)c2ccccc2oc1=O. The highest BCUT2D eigenvalue weighted by molar-refractivity contribution is 6.37. The number of hydrogen-bond donors (Lipinski definition) is 2. The number of benzene rings is 4. The molecule has 0 saturated heterocycles. The first-order valence-corrected chi connectivity index (χ1v) is 12.3. The van der Waals surface area contributed by atoms with Crippen molar-refractivity contribution < 1.29 is 24.2 Å². The highest BCUT2D eigenvalue weighted by Crippen LogP contribution is 2.58. The number of phenols is 2. The largest absolute Gasteiger partial charge is 0.508 e. The Bertz CT molecular complexity index is 1900. The molecule has 1 amide bonds. The number of amides is 1. The summed E-state index contributed by atoms with van der Waals surface area (Å²) in [6.07, 6.45) is 1.22. The molecule has 4 aromatic carbocycles. The van der Waals surface area contributed by atoms with Crippen molar-refractivity contribution in [3.05, 3.63) is 128 Å². The van der Waals surface area contributed by atoms with Gasteiger partial charge in [0.25, 0.3) is 5.91 Å². The van der Waals surface area contributed by atoms with Gasteiger partial charge in [0.2, 0.25) is 0 Å². The van der Waals surface area contributed by atoms with Crippen LogP contribution in [-0.2, 0) is 5.54 Å². The topological polar surface area (TPSA) is 113 Å². The molecule has 190 valence electrons. The Balaban J connectivity index is 1.52. The number of carbonyl (C=O) groups is 1. The maximum absolute atomic E-state index is 14.0. The first-order chi connectivity index (χ1) is 18.9. The molecule has 2 aliphatic rings. The summed E-state index contributed by atoms with van der Waals surface area (Å²) < 4.78 is 11.5. The van der Waals surface area contributed by atoms with Gasteiger partial charge in [-0.25, -0.2) is 9.80 Å².